The first kappa shape index (κ1) is 53.6. The third-order valence-electron chi connectivity index (χ3n) is 14.4. The minimum atomic E-state index is -0.954. The zero-order valence-electron chi connectivity index (χ0n) is 42.1. The molecule has 0 saturated carbocycles. The van der Waals surface area contributed by atoms with E-state index in [0.29, 0.717) is 95.4 Å². The van der Waals surface area contributed by atoms with Crippen LogP contribution >= 0.6 is 11.3 Å². The number of carbonyl (C=O) groups is 7. The number of fused-ring (bicyclic) bond motifs is 2. The summed E-state index contributed by atoms with van der Waals surface area (Å²) < 4.78 is 5.47. The summed E-state index contributed by atoms with van der Waals surface area (Å²) in [5, 5.41) is 17.3. The molecular formula is C54H67N9O9S. The van der Waals surface area contributed by atoms with Gasteiger partial charge < -0.3 is 45.8 Å². The Balaban J connectivity index is 0.000000281. The number of methoxy groups -OCH3 is 1. The van der Waals surface area contributed by atoms with Crippen LogP contribution in [0.2, 0.25) is 0 Å². The van der Waals surface area contributed by atoms with Gasteiger partial charge in [-0.15, -0.1) is 11.3 Å². The zero-order chi connectivity index (χ0) is 52.2. The fourth-order valence-electron chi connectivity index (χ4n) is 10.3. The van der Waals surface area contributed by atoms with Gasteiger partial charge in [-0.1, -0.05) is 60.7 Å². The maximum absolute atomic E-state index is 13.7. The SMILES string of the molecule is COc1cc(C)c(CN=C(N)NCCC[C@H](NC(=O)[C@@H]2CC[C@H]3CN(C(=O)CCc4ccccc4)CC(=O)N32)C(=O)c2nccs2)c(C)c1C.O=C(O)[C@@H]1CC[C@H]2CN(C(=O)CCc3ccccc3)CC(=O)N21. The Morgan fingerprint density at radius 1 is 0.822 bits per heavy atom. The summed E-state index contributed by atoms with van der Waals surface area (Å²) >= 11 is 1.22. The Kier molecular flexibility index (Phi) is 18.4. The van der Waals surface area contributed by atoms with E-state index in [0.717, 1.165) is 39.1 Å². The Morgan fingerprint density at radius 2 is 1.38 bits per heavy atom. The van der Waals surface area contributed by atoms with Gasteiger partial charge in [-0.05, 0) is 112 Å². The van der Waals surface area contributed by atoms with Crippen molar-refractivity contribution in [3.63, 3.8) is 0 Å². The van der Waals surface area contributed by atoms with Crippen molar-refractivity contribution in [1.29, 1.82) is 0 Å². The molecule has 4 saturated heterocycles. The number of Topliss-reactive ketones (excluding diaryl/α,β-unsaturated/α-hetero) is 1. The quantitative estimate of drug-likeness (QED) is 0.0471. The van der Waals surface area contributed by atoms with E-state index in [9.17, 15) is 38.7 Å². The molecule has 0 unspecified atom stereocenters. The van der Waals surface area contributed by atoms with Crippen LogP contribution in [0.5, 0.6) is 5.75 Å². The Labute approximate surface area is 430 Å². The highest BCUT2D eigenvalue weighted by atomic mass is 32.1. The molecule has 19 heteroatoms. The number of carboxylic acid groups (broad SMARTS) is 1. The highest BCUT2D eigenvalue weighted by Crippen LogP contribution is 2.31. The maximum atomic E-state index is 13.7. The molecule has 5 N–H and O–H groups in total. The molecule has 0 radical (unpaired) electrons. The summed E-state index contributed by atoms with van der Waals surface area (Å²) in [6, 6.07) is 18.9. The molecule has 4 aliphatic heterocycles. The average molecular weight is 1020 g/mol. The summed E-state index contributed by atoms with van der Waals surface area (Å²) in [6.45, 7) is 7.73. The van der Waals surface area contributed by atoms with Crippen LogP contribution in [-0.2, 0) is 48.2 Å². The minimum absolute atomic E-state index is 0.00605. The minimum Gasteiger partial charge on any atom is -0.496 e. The highest BCUT2D eigenvalue weighted by Gasteiger charge is 2.47. The number of carbonyl (C=O) groups excluding carboxylic acids is 6. The molecule has 388 valence electrons. The molecule has 4 aliphatic rings. The van der Waals surface area contributed by atoms with Crippen LogP contribution in [0.25, 0.3) is 0 Å². The van der Waals surface area contributed by atoms with Crippen molar-refractivity contribution in [2.24, 2.45) is 10.7 Å². The molecule has 8 rings (SSSR count). The van der Waals surface area contributed by atoms with E-state index in [2.05, 4.69) is 20.6 Å². The molecule has 0 spiro atoms. The smallest absolute Gasteiger partial charge is 0.326 e. The molecule has 0 aliphatic carbocycles. The van der Waals surface area contributed by atoms with Crippen molar-refractivity contribution in [2.45, 2.75) is 122 Å². The predicted octanol–water partition coefficient (Wildman–Crippen LogP) is 4.37. The summed E-state index contributed by atoms with van der Waals surface area (Å²) in [6.07, 6.45) is 6.55. The number of benzene rings is 3. The fourth-order valence-corrected chi connectivity index (χ4v) is 11.0. The monoisotopic (exact) mass is 1020 g/mol. The molecule has 0 bridgehead atoms. The number of rotatable bonds is 18. The van der Waals surface area contributed by atoms with Gasteiger partial charge in [-0.25, -0.2) is 14.8 Å². The predicted molar refractivity (Wildman–Crippen MR) is 276 cm³/mol. The number of aliphatic carboxylic acids is 1. The van der Waals surface area contributed by atoms with Crippen LogP contribution < -0.4 is 21.1 Å². The number of piperazine rings is 2. The highest BCUT2D eigenvalue weighted by molar-refractivity contribution is 7.11. The van der Waals surface area contributed by atoms with Gasteiger partial charge in [0.25, 0.3) is 0 Å². The first-order valence-electron chi connectivity index (χ1n) is 25.0. The molecule has 4 fully saturated rings. The van der Waals surface area contributed by atoms with E-state index in [1.54, 1.807) is 33.4 Å². The van der Waals surface area contributed by atoms with E-state index in [-0.39, 0.29) is 66.5 Å². The summed E-state index contributed by atoms with van der Waals surface area (Å²) in [7, 11) is 1.66. The van der Waals surface area contributed by atoms with E-state index in [1.807, 2.05) is 87.5 Å². The van der Waals surface area contributed by atoms with Crippen LogP contribution in [0, 0.1) is 20.8 Å². The molecule has 3 aromatic carbocycles. The first-order valence-corrected chi connectivity index (χ1v) is 25.9. The van der Waals surface area contributed by atoms with Crippen molar-refractivity contribution >= 4 is 58.6 Å². The van der Waals surface area contributed by atoms with Crippen LogP contribution in [0.15, 0.2) is 83.3 Å². The Hall–Kier alpha value is -7.15. The number of aliphatic imine (C=N–C) groups is 1. The van der Waals surface area contributed by atoms with E-state index < -0.39 is 24.1 Å². The average Bonchev–Trinajstić information content (AvgIpc) is 4.19. The van der Waals surface area contributed by atoms with Crippen molar-refractivity contribution in [2.75, 3.05) is 39.8 Å². The lowest BCUT2D eigenvalue weighted by molar-refractivity contribution is -0.155. The van der Waals surface area contributed by atoms with Crippen LogP contribution in [0.3, 0.4) is 0 Å². The fraction of sp³-hybridized carbons (Fsp3) is 0.463. The van der Waals surface area contributed by atoms with Crippen molar-refractivity contribution in [3.05, 3.63) is 117 Å². The van der Waals surface area contributed by atoms with Crippen LogP contribution in [0.1, 0.15) is 94.5 Å². The van der Waals surface area contributed by atoms with Gasteiger partial charge in [-0.3, -0.25) is 28.8 Å². The molecule has 1 aromatic heterocycles. The largest absolute Gasteiger partial charge is 0.496 e. The number of nitrogens with two attached hydrogens (primary N) is 1. The first-order chi connectivity index (χ1) is 35.1. The molecule has 5 amide bonds. The number of carboxylic acids is 1. The van der Waals surface area contributed by atoms with Crippen LogP contribution in [0.4, 0.5) is 0 Å². The number of aryl methyl sites for hydroxylation is 3. The normalized spacial score (nSPS) is 19.9. The van der Waals surface area contributed by atoms with Crippen LogP contribution in [-0.4, -0.2) is 147 Å². The number of hydrogen-bond acceptors (Lipinski definition) is 11. The number of hydrogen-bond donors (Lipinski definition) is 4. The molecule has 5 heterocycles. The number of ketones is 1. The second-order valence-electron chi connectivity index (χ2n) is 19.1. The van der Waals surface area contributed by atoms with Gasteiger partial charge >= 0.3 is 5.97 Å². The van der Waals surface area contributed by atoms with Crippen molar-refractivity contribution in [1.82, 2.24) is 35.2 Å². The van der Waals surface area contributed by atoms with Gasteiger partial charge in [0, 0.05) is 44.1 Å². The lowest BCUT2D eigenvalue weighted by Gasteiger charge is -2.39. The zero-order valence-corrected chi connectivity index (χ0v) is 42.9. The molecule has 5 atom stereocenters. The Morgan fingerprint density at radius 3 is 1.92 bits per heavy atom. The van der Waals surface area contributed by atoms with E-state index in [4.69, 9.17) is 10.5 Å². The van der Waals surface area contributed by atoms with Gasteiger partial charge in [-0.2, -0.15) is 0 Å². The standard InChI is InChI=1S/C37H47N7O5S.C17H20N2O4/c1-23-19-31(49-4)25(3)24(2)28(23)20-41-37(38)40-16-8-11-29(34(47)36-39-17-18-50-36)42-35(48)30-14-13-27-21-43(22-33(46)44(27)30)32(45)15-12-26-9-6-5-7-10-26;20-15(9-6-12-4-2-1-3-5-12)18-10-13-7-8-14(17(22)23)19(13)16(21)11-18/h5-7,9-10,17-19,27,29-30H,8,11-16,20-22H2,1-4H3,(H,42,48)(H3,38,40,41);1-5,13-14H,6-11H2,(H,22,23)/t27-,29-,30-;13-,14-/m00/s1. The molecule has 73 heavy (non-hydrogen) atoms. The topological polar surface area (TPSA) is 237 Å². The van der Waals surface area contributed by atoms with Gasteiger partial charge in [0.15, 0.2) is 11.0 Å². The number of ether oxygens (including phenoxy) is 1. The number of guanidine groups is 1. The lowest BCUT2D eigenvalue weighted by atomic mass is 9.97. The third-order valence-corrected chi connectivity index (χ3v) is 15.2. The number of nitrogens with zero attached hydrogens (tertiary/aromatic N) is 6. The van der Waals surface area contributed by atoms with Gasteiger partial charge in [0.05, 0.1) is 44.9 Å². The van der Waals surface area contributed by atoms with Gasteiger partial charge in [0.1, 0.15) is 17.8 Å². The summed E-state index contributed by atoms with van der Waals surface area (Å²) in [4.78, 5) is 104. The molecular weight excluding hydrogens is 951 g/mol. The molecule has 4 aromatic rings. The summed E-state index contributed by atoms with van der Waals surface area (Å²) in [5.41, 5.74) is 12.7. The lowest BCUT2D eigenvalue weighted by Crippen LogP contribution is -2.60. The molecule has 18 nitrogen and oxygen atoms in total. The second kappa shape index (κ2) is 25.0. The number of nitrogens with one attached hydrogen (secondary N) is 2. The van der Waals surface area contributed by atoms with Crippen molar-refractivity contribution in [3.8, 4) is 5.75 Å². The second-order valence-corrected chi connectivity index (χ2v) is 20.0. The Bertz CT molecular complexity index is 2650. The number of amides is 5. The maximum Gasteiger partial charge on any atom is 0.326 e. The van der Waals surface area contributed by atoms with E-state index >= 15 is 0 Å². The summed E-state index contributed by atoms with van der Waals surface area (Å²) in [5.74, 6) is -1.06. The number of aromatic nitrogens is 1. The number of thiazole rings is 1. The van der Waals surface area contributed by atoms with E-state index in [1.165, 1.54) is 16.2 Å². The van der Waals surface area contributed by atoms with Crippen molar-refractivity contribution < 1.29 is 43.4 Å². The van der Waals surface area contributed by atoms with Gasteiger partial charge in [0.2, 0.25) is 35.3 Å². The third kappa shape index (κ3) is 13.5.